The summed E-state index contributed by atoms with van der Waals surface area (Å²) in [6.45, 7) is 9.55. The van der Waals surface area contributed by atoms with Crippen LogP contribution in [-0.4, -0.2) is 37.1 Å². The fourth-order valence-electron chi connectivity index (χ4n) is 2.91. The number of rotatable bonds is 7. The molecule has 2 heteroatoms. The van der Waals surface area contributed by atoms with Gasteiger partial charge in [0.2, 0.25) is 0 Å². The van der Waals surface area contributed by atoms with Crippen molar-refractivity contribution in [3.8, 4) is 0 Å². The van der Waals surface area contributed by atoms with Crippen LogP contribution in [0.25, 0.3) is 0 Å². The van der Waals surface area contributed by atoms with Gasteiger partial charge in [0.25, 0.3) is 0 Å². The van der Waals surface area contributed by atoms with Crippen LogP contribution in [0.5, 0.6) is 0 Å². The Morgan fingerprint density at radius 2 is 1.79 bits per heavy atom. The molecule has 1 aliphatic heterocycles. The van der Waals surface area contributed by atoms with E-state index >= 15 is 0 Å². The zero-order chi connectivity index (χ0) is 13.5. The van der Waals surface area contributed by atoms with Gasteiger partial charge in [-0.1, -0.05) is 37.3 Å². The molecular formula is C17H28N2. The van der Waals surface area contributed by atoms with Crippen molar-refractivity contribution in [3.63, 3.8) is 0 Å². The van der Waals surface area contributed by atoms with E-state index in [-0.39, 0.29) is 0 Å². The van der Waals surface area contributed by atoms with Crippen LogP contribution in [0, 0.1) is 0 Å². The van der Waals surface area contributed by atoms with E-state index in [9.17, 15) is 0 Å². The second-order valence-electron chi connectivity index (χ2n) is 5.96. The Labute approximate surface area is 118 Å². The molecule has 1 N–H and O–H groups in total. The Hall–Kier alpha value is -0.860. The Morgan fingerprint density at radius 1 is 1.11 bits per heavy atom. The van der Waals surface area contributed by atoms with Crippen molar-refractivity contribution in [1.29, 1.82) is 0 Å². The zero-order valence-electron chi connectivity index (χ0n) is 12.4. The summed E-state index contributed by atoms with van der Waals surface area (Å²) in [4.78, 5) is 2.58. The highest BCUT2D eigenvalue weighted by Gasteiger charge is 2.14. The number of hydrogen-bond donors (Lipinski definition) is 1. The molecule has 1 heterocycles. The van der Waals surface area contributed by atoms with Crippen molar-refractivity contribution in [1.82, 2.24) is 10.2 Å². The van der Waals surface area contributed by atoms with Gasteiger partial charge < -0.3 is 10.2 Å². The first kappa shape index (κ1) is 14.5. The molecule has 0 amide bonds. The van der Waals surface area contributed by atoms with Crippen molar-refractivity contribution in [3.05, 3.63) is 35.9 Å². The fraction of sp³-hybridized carbons (Fsp3) is 0.647. The van der Waals surface area contributed by atoms with E-state index in [4.69, 9.17) is 0 Å². The van der Waals surface area contributed by atoms with Crippen molar-refractivity contribution in [2.45, 2.75) is 45.1 Å². The SMILES string of the molecule is CC(CN1CCCC1)NCCC(C)c1ccccc1. The van der Waals surface area contributed by atoms with Gasteiger partial charge in [-0.25, -0.2) is 0 Å². The van der Waals surface area contributed by atoms with E-state index in [1.165, 1.54) is 44.5 Å². The highest BCUT2D eigenvalue weighted by Crippen LogP contribution is 2.17. The summed E-state index contributed by atoms with van der Waals surface area (Å²) in [6.07, 6.45) is 3.99. The van der Waals surface area contributed by atoms with E-state index in [1.807, 2.05) is 0 Å². The molecule has 0 saturated carbocycles. The molecule has 1 aromatic rings. The minimum Gasteiger partial charge on any atom is -0.313 e. The zero-order valence-corrected chi connectivity index (χ0v) is 12.4. The van der Waals surface area contributed by atoms with E-state index in [2.05, 4.69) is 54.4 Å². The number of likely N-dealkylation sites (tertiary alicyclic amines) is 1. The standard InChI is InChI=1S/C17H28N2/c1-15(17-8-4-3-5-9-17)10-11-18-16(2)14-19-12-6-7-13-19/h3-5,8-9,15-16,18H,6-7,10-14H2,1-2H3. The first-order valence-corrected chi connectivity index (χ1v) is 7.76. The maximum Gasteiger partial charge on any atom is 0.0166 e. The summed E-state index contributed by atoms with van der Waals surface area (Å²) in [7, 11) is 0. The topological polar surface area (TPSA) is 15.3 Å². The second kappa shape index (κ2) is 7.66. The maximum absolute atomic E-state index is 3.67. The Bertz CT molecular complexity index is 344. The molecule has 0 aliphatic carbocycles. The van der Waals surface area contributed by atoms with Crippen molar-refractivity contribution in [2.24, 2.45) is 0 Å². The van der Waals surface area contributed by atoms with Crippen LogP contribution >= 0.6 is 0 Å². The molecule has 0 aromatic heterocycles. The molecule has 2 atom stereocenters. The molecule has 0 bridgehead atoms. The maximum atomic E-state index is 3.67. The lowest BCUT2D eigenvalue weighted by Gasteiger charge is -2.22. The molecule has 0 spiro atoms. The van der Waals surface area contributed by atoms with Gasteiger partial charge in [-0.15, -0.1) is 0 Å². The quantitative estimate of drug-likeness (QED) is 0.809. The highest BCUT2D eigenvalue weighted by atomic mass is 15.2. The molecular weight excluding hydrogens is 232 g/mol. The van der Waals surface area contributed by atoms with Crippen LogP contribution in [-0.2, 0) is 0 Å². The van der Waals surface area contributed by atoms with Gasteiger partial charge in [-0.2, -0.15) is 0 Å². The van der Waals surface area contributed by atoms with Crippen molar-refractivity contribution >= 4 is 0 Å². The summed E-state index contributed by atoms with van der Waals surface area (Å²) in [5, 5.41) is 3.67. The fourth-order valence-corrected chi connectivity index (χ4v) is 2.91. The summed E-state index contributed by atoms with van der Waals surface area (Å²) in [6, 6.07) is 11.4. The van der Waals surface area contributed by atoms with Crippen LogP contribution in [0.4, 0.5) is 0 Å². The molecule has 2 nitrogen and oxygen atoms in total. The molecule has 1 aromatic carbocycles. The highest BCUT2D eigenvalue weighted by molar-refractivity contribution is 5.18. The smallest absolute Gasteiger partial charge is 0.0166 e. The third-order valence-electron chi connectivity index (χ3n) is 4.17. The second-order valence-corrected chi connectivity index (χ2v) is 5.96. The summed E-state index contributed by atoms with van der Waals surface area (Å²) in [5.41, 5.74) is 1.46. The number of nitrogens with one attached hydrogen (secondary N) is 1. The number of hydrogen-bond acceptors (Lipinski definition) is 2. The number of benzene rings is 1. The van der Waals surface area contributed by atoms with Crippen LogP contribution in [0.2, 0.25) is 0 Å². The molecule has 106 valence electrons. The lowest BCUT2D eigenvalue weighted by Crippen LogP contribution is -2.38. The van der Waals surface area contributed by atoms with E-state index < -0.39 is 0 Å². The Balaban J connectivity index is 1.62. The first-order valence-electron chi connectivity index (χ1n) is 7.76. The summed E-state index contributed by atoms with van der Waals surface area (Å²) >= 11 is 0. The monoisotopic (exact) mass is 260 g/mol. The van der Waals surface area contributed by atoms with E-state index in [0.29, 0.717) is 12.0 Å². The van der Waals surface area contributed by atoms with Crippen molar-refractivity contribution < 1.29 is 0 Å². The minimum absolute atomic E-state index is 0.612. The molecule has 1 saturated heterocycles. The van der Waals surface area contributed by atoms with Gasteiger partial charge >= 0.3 is 0 Å². The Morgan fingerprint density at radius 3 is 2.47 bits per heavy atom. The largest absolute Gasteiger partial charge is 0.313 e. The van der Waals surface area contributed by atoms with Crippen molar-refractivity contribution in [2.75, 3.05) is 26.2 Å². The molecule has 1 aliphatic rings. The third kappa shape index (κ3) is 4.96. The Kier molecular flexibility index (Phi) is 5.87. The lowest BCUT2D eigenvalue weighted by molar-refractivity contribution is 0.298. The summed E-state index contributed by atoms with van der Waals surface area (Å²) < 4.78 is 0. The molecule has 19 heavy (non-hydrogen) atoms. The van der Waals surface area contributed by atoms with Gasteiger partial charge in [0.15, 0.2) is 0 Å². The van der Waals surface area contributed by atoms with Crippen LogP contribution in [0.3, 0.4) is 0 Å². The molecule has 2 unspecified atom stereocenters. The van der Waals surface area contributed by atoms with Crippen LogP contribution < -0.4 is 5.32 Å². The van der Waals surface area contributed by atoms with E-state index in [1.54, 1.807) is 0 Å². The lowest BCUT2D eigenvalue weighted by atomic mass is 9.98. The third-order valence-corrected chi connectivity index (χ3v) is 4.17. The number of nitrogens with zero attached hydrogens (tertiary/aromatic N) is 1. The molecule has 0 radical (unpaired) electrons. The van der Waals surface area contributed by atoms with Gasteiger partial charge in [0, 0.05) is 12.6 Å². The predicted molar refractivity (Wildman–Crippen MR) is 82.6 cm³/mol. The van der Waals surface area contributed by atoms with Gasteiger partial charge in [-0.3, -0.25) is 0 Å². The summed E-state index contributed by atoms with van der Waals surface area (Å²) in [5.74, 6) is 0.646. The van der Waals surface area contributed by atoms with Gasteiger partial charge in [0.1, 0.15) is 0 Å². The predicted octanol–water partition coefficient (Wildman–Crippen LogP) is 3.25. The molecule has 2 rings (SSSR count). The first-order chi connectivity index (χ1) is 9.25. The van der Waals surface area contributed by atoms with Crippen LogP contribution in [0.15, 0.2) is 30.3 Å². The average molecular weight is 260 g/mol. The van der Waals surface area contributed by atoms with E-state index in [0.717, 1.165) is 6.54 Å². The van der Waals surface area contributed by atoms with Crippen LogP contribution in [0.1, 0.15) is 44.6 Å². The van der Waals surface area contributed by atoms with Gasteiger partial charge in [0.05, 0.1) is 0 Å². The molecule has 1 fully saturated rings. The normalized spacial score (nSPS) is 19.5. The van der Waals surface area contributed by atoms with Gasteiger partial charge in [-0.05, 0) is 57.3 Å². The average Bonchev–Trinajstić information content (AvgIpc) is 2.92. The minimum atomic E-state index is 0.612.